The smallest absolute Gasteiger partial charge is 0.385 e. The van der Waals surface area contributed by atoms with Gasteiger partial charge in [0.15, 0.2) is 0 Å². The molecule has 1 fully saturated rings. The number of alkyl halides is 4. The molecule has 1 aromatic carbocycles. The van der Waals surface area contributed by atoms with Crippen LogP contribution >= 0.6 is 11.6 Å². The van der Waals surface area contributed by atoms with E-state index in [9.17, 15) is 23.1 Å². The van der Waals surface area contributed by atoms with Crippen molar-refractivity contribution in [2.75, 3.05) is 19.0 Å². The number of benzene rings is 1. The lowest BCUT2D eigenvalue weighted by molar-refractivity contribution is -0.143. The molecule has 1 N–H and O–H groups in total. The molecular formula is C14H15ClF3NO2. The molecule has 1 saturated heterocycles. The minimum absolute atomic E-state index is 0.0583. The van der Waals surface area contributed by atoms with Gasteiger partial charge in [0, 0.05) is 13.1 Å². The second-order valence-electron chi connectivity index (χ2n) is 5.09. The highest BCUT2D eigenvalue weighted by Crippen LogP contribution is 2.41. The zero-order valence-corrected chi connectivity index (χ0v) is 11.9. The molecule has 7 heteroatoms. The van der Waals surface area contributed by atoms with Gasteiger partial charge in [-0.2, -0.15) is 13.2 Å². The summed E-state index contributed by atoms with van der Waals surface area (Å²) in [7, 11) is 0. The van der Waals surface area contributed by atoms with Crippen molar-refractivity contribution in [2.45, 2.75) is 24.6 Å². The highest BCUT2D eigenvalue weighted by molar-refractivity contribution is 6.27. The van der Waals surface area contributed by atoms with Gasteiger partial charge in [-0.3, -0.25) is 4.79 Å². The number of carbonyl (C=O) groups is 1. The molecule has 0 bridgehead atoms. The van der Waals surface area contributed by atoms with Crippen molar-refractivity contribution in [3.05, 3.63) is 35.4 Å². The monoisotopic (exact) mass is 321 g/mol. The fourth-order valence-corrected chi connectivity index (χ4v) is 2.79. The lowest BCUT2D eigenvalue weighted by Gasteiger charge is -2.39. The normalized spacial score (nSPS) is 18.6. The second kappa shape index (κ2) is 5.85. The van der Waals surface area contributed by atoms with Crippen LogP contribution in [-0.4, -0.2) is 34.9 Å². The molecule has 3 nitrogen and oxygen atoms in total. The third-order valence-electron chi connectivity index (χ3n) is 3.79. The van der Waals surface area contributed by atoms with Crippen molar-refractivity contribution in [1.82, 2.24) is 4.90 Å². The van der Waals surface area contributed by atoms with Crippen LogP contribution in [0.25, 0.3) is 0 Å². The van der Waals surface area contributed by atoms with Crippen molar-refractivity contribution in [3.63, 3.8) is 0 Å². The summed E-state index contributed by atoms with van der Waals surface area (Å²) in [5, 5.41) is 10.6. The largest absolute Gasteiger partial charge is 0.416 e. The first-order valence-corrected chi connectivity index (χ1v) is 7.04. The number of hydrogen-bond donors (Lipinski definition) is 1. The van der Waals surface area contributed by atoms with Crippen molar-refractivity contribution in [2.24, 2.45) is 0 Å². The zero-order valence-electron chi connectivity index (χ0n) is 11.2. The van der Waals surface area contributed by atoms with Crippen LogP contribution in [0.4, 0.5) is 13.2 Å². The van der Waals surface area contributed by atoms with Crippen molar-refractivity contribution >= 4 is 17.5 Å². The Morgan fingerprint density at radius 2 is 1.86 bits per heavy atom. The minimum atomic E-state index is -4.52. The number of nitrogens with zero attached hydrogens (tertiary/aromatic N) is 1. The lowest BCUT2D eigenvalue weighted by Crippen LogP contribution is -2.46. The molecule has 0 aromatic heterocycles. The number of piperidine rings is 1. The Morgan fingerprint density at radius 3 is 2.38 bits per heavy atom. The molecule has 0 unspecified atom stereocenters. The molecule has 116 valence electrons. The van der Waals surface area contributed by atoms with Crippen molar-refractivity contribution in [1.29, 1.82) is 0 Å². The van der Waals surface area contributed by atoms with E-state index >= 15 is 0 Å². The Kier molecular flexibility index (Phi) is 4.49. The first-order valence-electron chi connectivity index (χ1n) is 6.51. The van der Waals surface area contributed by atoms with Crippen LogP contribution in [0.15, 0.2) is 24.3 Å². The molecule has 0 aliphatic carbocycles. The summed E-state index contributed by atoms with van der Waals surface area (Å²) in [6.45, 7) is 0.377. The predicted octanol–water partition coefficient (Wildman–Crippen LogP) is 2.75. The van der Waals surface area contributed by atoms with E-state index in [4.69, 9.17) is 11.6 Å². The molecule has 21 heavy (non-hydrogen) atoms. The van der Waals surface area contributed by atoms with Gasteiger partial charge in [0.2, 0.25) is 5.91 Å². The summed E-state index contributed by atoms with van der Waals surface area (Å²) < 4.78 is 39.1. The molecule has 1 aliphatic heterocycles. The summed E-state index contributed by atoms with van der Waals surface area (Å²) in [5.74, 6) is -0.444. The van der Waals surface area contributed by atoms with Crippen LogP contribution < -0.4 is 0 Å². The first kappa shape index (κ1) is 16.1. The fourth-order valence-electron chi connectivity index (χ4n) is 2.62. The van der Waals surface area contributed by atoms with Crippen LogP contribution in [0.3, 0.4) is 0 Å². The van der Waals surface area contributed by atoms with Gasteiger partial charge in [-0.05, 0) is 24.5 Å². The highest BCUT2D eigenvalue weighted by atomic mass is 35.5. The summed E-state index contributed by atoms with van der Waals surface area (Å²) in [5.41, 5.74) is -2.53. The SMILES string of the molecule is O=C(CCl)N1CCC(O)(c2ccccc2C(F)(F)F)CC1. The number of carbonyl (C=O) groups excluding carboxylic acids is 1. The maximum Gasteiger partial charge on any atom is 0.416 e. The summed E-state index contributed by atoms with van der Waals surface area (Å²) in [4.78, 5) is 12.9. The maximum absolute atomic E-state index is 13.0. The molecule has 2 rings (SSSR count). The molecule has 1 heterocycles. The van der Waals surface area contributed by atoms with Crippen LogP contribution in [-0.2, 0) is 16.6 Å². The van der Waals surface area contributed by atoms with Crippen LogP contribution in [0.1, 0.15) is 24.0 Å². The molecule has 1 aromatic rings. The average Bonchev–Trinajstić information content (AvgIpc) is 2.46. The summed E-state index contributed by atoms with van der Waals surface area (Å²) in [6.07, 6.45) is -4.40. The van der Waals surface area contributed by atoms with E-state index in [1.807, 2.05) is 0 Å². The van der Waals surface area contributed by atoms with Crippen LogP contribution in [0.5, 0.6) is 0 Å². The minimum Gasteiger partial charge on any atom is -0.385 e. The van der Waals surface area contributed by atoms with E-state index in [-0.39, 0.29) is 43.3 Å². The standard InChI is InChI=1S/C14H15ClF3NO2/c15-9-12(20)19-7-5-13(21,6-8-19)10-3-1-2-4-11(10)14(16,17)18/h1-4,21H,5-9H2. The van der Waals surface area contributed by atoms with Gasteiger partial charge in [-0.1, -0.05) is 18.2 Å². The number of likely N-dealkylation sites (tertiary alicyclic amines) is 1. The van der Waals surface area contributed by atoms with E-state index in [2.05, 4.69) is 0 Å². The number of rotatable bonds is 2. The molecule has 0 radical (unpaired) electrons. The van der Waals surface area contributed by atoms with Gasteiger partial charge in [0.1, 0.15) is 5.88 Å². The van der Waals surface area contributed by atoms with E-state index in [0.29, 0.717) is 0 Å². The number of hydrogen-bond acceptors (Lipinski definition) is 2. The molecule has 1 amide bonds. The van der Waals surface area contributed by atoms with Gasteiger partial charge in [-0.15, -0.1) is 11.6 Å². The van der Waals surface area contributed by atoms with Crippen LogP contribution in [0, 0.1) is 0 Å². The Balaban J connectivity index is 2.26. The first-order chi connectivity index (χ1) is 9.78. The molecule has 0 atom stereocenters. The Hall–Kier alpha value is -1.27. The number of aliphatic hydroxyl groups is 1. The van der Waals surface area contributed by atoms with Gasteiger partial charge in [0.05, 0.1) is 11.2 Å². The Morgan fingerprint density at radius 1 is 1.29 bits per heavy atom. The second-order valence-corrected chi connectivity index (χ2v) is 5.36. The molecule has 0 spiro atoms. The summed E-state index contributed by atoms with van der Waals surface area (Å²) in [6, 6.07) is 5.02. The number of halogens is 4. The highest BCUT2D eigenvalue weighted by Gasteiger charge is 2.42. The quantitative estimate of drug-likeness (QED) is 0.851. The predicted molar refractivity (Wildman–Crippen MR) is 71.9 cm³/mol. The van der Waals surface area contributed by atoms with Gasteiger partial charge in [-0.25, -0.2) is 0 Å². The van der Waals surface area contributed by atoms with Crippen molar-refractivity contribution in [3.8, 4) is 0 Å². The van der Waals surface area contributed by atoms with E-state index in [1.54, 1.807) is 0 Å². The van der Waals surface area contributed by atoms with Gasteiger partial charge >= 0.3 is 6.18 Å². The van der Waals surface area contributed by atoms with Crippen LogP contribution in [0.2, 0.25) is 0 Å². The van der Waals surface area contributed by atoms with E-state index in [1.165, 1.54) is 23.1 Å². The topological polar surface area (TPSA) is 40.5 Å². The Bertz CT molecular complexity index is 525. The van der Waals surface area contributed by atoms with Gasteiger partial charge in [0.25, 0.3) is 0 Å². The lowest BCUT2D eigenvalue weighted by atomic mass is 9.81. The maximum atomic E-state index is 13.0. The van der Waals surface area contributed by atoms with E-state index in [0.717, 1.165) is 6.07 Å². The molecular weight excluding hydrogens is 307 g/mol. The third-order valence-corrected chi connectivity index (χ3v) is 4.02. The molecule has 1 aliphatic rings. The summed E-state index contributed by atoms with van der Waals surface area (Å²) >= 11 is 5.46. The molecule has 0 saturated carbocycles. The van der Waals surface area contributed by atoms with Gasteiger partial charge < -0.3 is 10.0 Å². The van der Waals surface area contributed by atoms with Crippen molar-refractivity contribution < 1.29 is 23.1 Å². The third kappa shape index (κ3) is 3.32. The number of amides is 1. The average molecular weight is 322 g/mol. The van der Waals surface area contributed by atoms with E-state index < -0.39 is 17.3 Å². The Labute approximate surface area is 125 Å². The zero-order chi connectivity index (χ0) is 15.7. The fraction of sp³-hybridized carbons (Fsp3) is 0.500.